The Kier molecular flexibility index (Phi) is 2.65. The van der Waals surface area contributed by atoms with Crippen molar-refractivity contribution in [1.29, 1.82) is 0 Å². The number of aliphatic carboxylic acids is 1. The van der Waals surface area contributed by atoms with E-state index in [2.05, 4.69) is 5.43 Å². The maximum atomic E-state index is 10.9. The Morgan fingerprint density at radius 1 is 1.75 bits per heavy atom. The lowest BCUT2D eigenvalue weighted by molar-refractivity contribution is -0.146. The number of amides is 1. The van der Waals surface area contributed by atoms with Gasteiger partial charge in [0.05, 0.1) is 0 Å². The summed E-state index contributed by atoms with van der Waals surface area (Å²) in [7, 11) is 0. The van der Waals surface area contributed by atoms with Crippen LogP contribution < -0.4 is 5.43 Å². The summed E-state index contributed by atoms with van der Waals surface area (Å²) in [5.74, 6) is -1.02. The van der Waals surface area contributed by atoms with Crippen molar-refractivity contribution in [3.8, 4) is 0 Å². The van der Waals surface area contributed by atoms with Gasteiger partial charge in [0.2, 0.25) is 5.91 Å². The normalized spacial score (nSPS) is 21.6. The summed E-state index contributed by atoms with van der Waals surface area (Å²) < 4.78 is 0. The third kappa shape index (κ3) is 1.94. The van der Waals surface area contributed by atoms with E-state index in [1.165, 1.54) is 5.01 Å². The number of rotatable bonds is 2. The Labute approximate surface area is 70.3 Å². The molecule has 0 aromatic rings. The zero-order valence-electron chi connectivity index (χ0n) is 6.91. The lowest BCUT2D eigenvalue weighted by Crippen LogP contribution is -2.53. The van der Waals surface area contributed by atoms with Gasteiger partial charge in [-0.1, -0.05) is 0 Å². The Bertz CT molecular complexity index is 203. The number of carbonyl (C=O) groups excluding carboxylic acids is 1. The maximum Gasteiger partial charge on any atom is 0.322 e. The molecule has 0 aliphatic carbocycles. The third-order valence-corrected chi connectivity index (χ3v) is 1.90. The molecule has 1 amide bonds. The highest BCUT2D eigenvalue weighted by Crippen LogP contribution is 2.04. The fourth-order valence-corrected chi connectivity index (χ4v) is 1.11. The Morgan fingerprint density at radius 2 is 2.42 bits per heavy atom. The molecule has 0 radical (unpaired) electrons. The number of carboxylic acids is 1. The fourth-order valence-electron chi connectivity index (χ4n) is 1.11. The van der Waals surface area contributed by atoms with Gasteiger partial charge in [0, 0.05) is 13.0 Å². The number of hydrogen-bond donors (Lipinski definition) is 2. The van der Waals surface area contributed by atoms with Crippen molar-refractivity contribution >= 4 is 11.9 Å². The summed E-state index contributed by atoms with van der Waals surface area (Å²) >= 11 is 0. The van der Waals surface area contributed by atoms with Gasteiger partial charge in [0.25, 0.3) is 0 Å². The van der Waals surface area contributed by atoms with Crippen LogP contribution in [0.2, 0.25) is 0 Å². The van der Waals surface area contributed by atoms with Crippen LogP contribution >= 0.6 is 0 Å². The predicted molar refractivity (Wildman–Crippen MR) is 41.2 cm³/mol. The second kappa shape index (κ2) is 3.53. The van der Waals surface area contributed by atoms with Crippen molar-refractivity contribution in [2.75, 3.05) is 6.54 Å². The molecule has 0 aromatic carbocycles. The number of carboxylic acid groups (broad SMARTS) is 1. The molecule has 0 saturated carbocycles. The van der Waals surface area contributed by atoms with Crippen LogP contribution in [0.1, 0.15) is 19.8 Å². The molecule has 5 heteroatoms. The average Bonchev–Trinajstić information content (AvgIpc) is 2.03. The van der Waals surface area contributed by atoms with Crippen molar-refractivity contribution in [1.82, 2.24) is 10.4 Å². The summed E-state index contributed by atoms with van der Waals surface area (Å²) in [5, 5.41) is 10.1. The molecule has 0 aromatic heterocycles. The summed E-state index contributed by atoms with van der Waals surface area (Å²) in [6, 6.07) is -0.644. The van der Waals surface area contributed by atoms with Crippen molar-refractivity contribution in [3.05, 3.63) is 0 Å². The van der Waals surface area contributed by atoms with Crippen LogP contribution in [0.25, 0.3) is 0 Å². The van der Waals surface area contributed by atoms with E-state index in [1.807, 2.05) is 0 Å². The highest BCUT2D eigenvalue weighted by Gasteiger charge is 2.24. The molecule has 1 heterocycles. The molecule has 1 atom stereocenters. The van der Waals surface area contributed by atoms with Crippen molar-refractivity contribution in [2.45, 2.75) is 25.8 Å². The predicted octanol–water partition coefficient (Wildman–Crippen LogP) is -0.414. The minimum Gasteiger partial charge on any atom is -0.480 e. The van der Waals surface area contributed by atoms with E-state index in [4.69, 9.17) is 5.11 Å². The number of hydrogen-bond acceptors (Lipinski definition) is 3. The fraction of sp³-hybridized carbons (Fsp3) is 0.714. The molecule has 1 rings (SSSR count). The molecule has 1 aliphatic heterocycles. The lowest BCUT2D eigenvalue weighted by Gasteiger charge is -2.29. The molecule has 1 fully saturated rings. The minimum absolute atomic E-state index is 0.102. The molecule has 1 aliphatic rings. The number of nitrogens with one attached hydrogen (secondary N) is 1. The molecule has 0 spiro atoms. The van der Waals surface area contributed by atoms with Crippen LogP contribution in [0.3, 0.4) is 0 Å². The summed E-state index contributed by atoms with van der Waals surface area (Å²) in [6.45, 7) is 2.16. The Hall–Kier alpha value is -1.10. The molecule has 2 N–H and O–H groups in total. The summed E-state index contributed by atoms with van der Waals surface area (Å²) in [6.07, 6.45) is 1.21. The second-order valence-corrected chi connectivity index (χ2v) is 2.85. The highest BCUT2D eigenvalue weighted by atomic mass is 16.4. The Balaban J connectivity index is 2.51. The van der Waals surface area contributed by atoms with Gasteiger partial charge in [-0.2, -0.15) is 0 Å². The van der Waals surface area contributed by atoms with E-state index in [0.29, 0.717) is 13.0 Å². The average molecular weight is 172 g/mol. The number of carbonyl (C=O) groups is 2. The van der Waals surface area contributed by atoms with Gasteiger partial charge in [-0.25, -0.2) is 5.01 Å². The zero-order valence-corrected chi connectivity index (χ0v) is 6.91. The first-order valence-electron chi connectivity index (χ1n) is 3.90. The lowest BCUT2D eigenvalue weighted by atomic mass is 10.2. The summed E-state index contributed by atoms with van der Waals surface area (Å²) in [4.78, 5) is 21.4. The second-order valence-electron chi connectivity index (χ2n) is 2.85. The van der Waals surface area contributed by atoms with E-state index in [-0.39, 0.29) is 5.91 Å². The standard InChI is InChI=1S/C7H12N2O3/c1-5(7(11)12)9-4-2-3-6(10)8-9/h5H,2-4H2,1H3,(H,8,10)(H,11,12). The Morgan fingerprint density at radius 3 is 2.92 bits per heavy atom. The van der Waals surface area contributed by atoms with Gasteiger partial charge in [0.15, 0.2) is 0 Å². The molecule has 0 bridgehead atoms. The number of nitrogens with zero attached hydrogens (tertiary/aromatic N) is 1. The van der Waals surface area contributed by atoms with Crippen LogP contribution in [-0.4, -0.2) is 34.6 Å². The van der Waals surface area contributed by atoms with Crippen LogP contribution in [-0.2, 0) is 9.59 Å². The van der Waals surface area contributed by atoms with E-state index in [9.17, 15) is 9.59 Å². The van der Waals surface area contributed by atoms with E-state index in [1.54, 1.807) is 6.92 Å². The smallest absolute Gasteiger partial charge is 0.322 e. The summed E-state index contributed by atoms with van der Waals surface area (Å²) in [5.41, 5.74) is 2.51. The van der Waals surface area contributed by atoms with E-state index < -0.39 is 12.0 Å². The molecular weight excluding hydrogens is 160 g/mol. The molecular formula is C7H12N2O3. The molecule has 68 valence electrons. The largest absolute Gasteiger partial charge is 0.480 e. The minimum atomic E-state index is -0.919. The monoisotopic (exact) mass is 172 g/mol. The zero-order chi connectivity index (χ0) is 9.14. The first kappa shape index (κ1) is 8.99. The third-order valence-electron chi connectivity index (χ3n) is 1.90. The van der Waals surface area contributed by atoms with E-state index >= 15 is 0 Å². The topological polar surface area (TPSA) is 69.6 Å². The van der Waals surface area contributed by atoms with Crippen molar-refractivity contribution in [2.24, 2.45) is 0 Å². The maximum absolute atomic E-state index is 10.9. The van der Waals surface area contributed by atoms with Crippen molar-refractivity contribution in [3.63, 3.8) is 0 Å². The van der Waals surface area contributed by atoms with Gasteiger partial charge in [-0.15, -0.1) is 0 Å². The first-order chi connectivity index (χ1) is 5.61. The van der Waals surface area contributed by atoms with Crippen LogP contribution in [0, 0.1) is 0 Å². The van der Waals surface area contributed by atoms with Gasteiger partial charge in [-0.3, -0.25) is 15.0 Å². The van der Waals surface area contributed by atoms with Crippen LogP contribution in [0.5, 0.6) is 0 Å². The van der Waals surface area contributed by atoms with Gasteiger partial charge < -0.3 is 5.11 Å². The van der Waals surface area contributed by atoms with Gasteiger partial charge in [-0.05, 0) is 13.3 Å². The number of hydrazine groups is 1. The molecule has 1 unspecified atom stereocenters. The highest BCUT2D eigenvalue weighted by molar-refractivity contribution is 5.78. The molecule has 12 heavy (non-hydrogen) atoms. The quantitative estimate of drug-likeness (QED) is 0.594. The molecule has 1 saturated heterocycles. The van der Waals surface area contributed by atoms with Gasteiger partial charge >= 0.3 is 5.97 Å². The first-order valence-corrected chi connectivity index (χ1v) is 3.90. The SMILES string of the molecule is CC(C(=O)O)N1CCCC(=O)N1. The van der Waals surface area contributed by atoms with Gasteiger partial charge in [0.1, 0.15) is 6.04 Å². The van der Waals surface area contributed by atoms with Crippen LogP contribution in [0.4, 0.5) is 0 Å². The van der Waals surface area contributed by atoms with E-state index in [0.717, 1.165) is 6.42 Å². The van der Waals surface area contributed by atoms with Crippen LogP contribution in [0.15, 0.2) is 0 Å². The molecule has 5 nitrogen and oxygen atoms in total. The van der Waals surface area contributed by atoms with Crippen molar-refractivity contribution < 1.29 is 14.7 Å².